The molecule has 1 atom stereocenters. The molecule has 3 nitrogen and oxygen atoms in total. The van der Waals surface area contributed by atoms with E-state index in [0.717, 1.165) is 12.8 Å². The van der Waals surface area contributed by atoms with Crippen LogP contribution in [0, 0.1) is 5.92 Å². The Morgan fingerprint density at radius 3 is 2.24 bits per heavy atom. The number of carbonyl (C=O) groups is 1. The molecular formula is C14H25NO2. The summed E-state index contributed by atoms with van der Waals surface area (Å²) in [5, 5.41) is 3.17. The van der Waals surface area contributed by atoms with E-state index >= 15 is 0 Å². The molecule has 98 valence electrons. The first-order chi connectivity index (χ1) is 8.31. The van der Waals surface area contributed by atoms with Crippen molar-refractivity contribution in [1.82, 2.24) is 5.32 Å². The monoisotopic (exact) mass is 239 g/mol. The first-order valence-electron chi connectivity index (χ1n) is 7.19. The molecule has 0 aromatic rings. The number of esters is 1. The quantitative estimate of drug-likeness (QED) is 0.766. The van der Waals surface area contributed by atoms with E-state index in [2.05, 4.69) is 5.32 Å². The first-order valence-corrected chi connectivity index (χ1v) is 7.19. The molecule has 2 fully saturated rings. The Labute approximate surface area is 104 Å². The molecule has 17 heavy (non-hydrogen) atoms. The summed E-state index contributed by atoms with van der Waals surface area (Å²) in [6, 6.07) is -0.0732. The Balaban J connectivity index is 1.84. The number of hydrogen-bond donors (Lipinski definition) is 1. The van der Waals surface area contributed by atoms with Gasteiger partial charge < -0.3 is 10.1 Å². The van der Waals surface area contributed by atoms with Crippen LogP contribution in [0.25, 0.3) is 0 Å². The highest BCUT2D eigenvalue weighted by atomic mass is 16.5. The lowest BCUT2D eigenvalue weighted by atomic mass is 9.84. The van der Waals surface area contributed by atoms with Gasteiger partial charge in [0.2, 0.25) is 0 Å². The molecule has 0 heterocycles. The highest BCUT2D eigenvalue weighted by Gasteiger charge is 2.31. The zero-order chi connectivity index (χ0) is 12.1. The van der Waals surface area contributed by atoms with Gasteiger partial charge in [0.25, 0.3) is 0 Å². The Hall–Kier alpha value is -0.570. The van der Waals surface area contributed by atoms with Crippen LogP contribution in [0.3, 0.4) is 0 Å². The Morgan fingerprint density at radius 1 is 1.06 bits per heavy atom. The molecule has 2 rings (SSSR count). The number of likely N-dealkylation sites (N-methyl/N-ethyl adjacent to an activating group) is 1. The van der Waals surface area contributed by atoms with E-state index in [1.54, 1.807) is 0 Å². The van der Waals surface area contributed by atoms with Crippen LogP contribution in [0.15, 0.2) is 0 Å². The first kappa shape index (κ1) is 12.9. The second kappa shape index (κ2) is 6.39. The topological polar surface area (TPSA) is 38.3 Å². The maximum absolute atomic E-state index is 12.1. The normalized spacial score (nSPS) is 24.8. The lowest BCUT2D eigenvalue weighted by molar-refractivity contribution is -0.153. The van der Waals surface area contributed by atoms with E-state index < -0.39 is 0 Å². The zero-order valence-electron chi connectivity index (χ0n) is 10.9. The van der Waals surface area contributed by atoms with Crippen LogP contribution in [-0.4, -0.2) is 25.2 Å². The summed E-state index contributed by atoms with van der Waals surface area (Å²) in [7, 11) is 1.88. The van der Waals surface area contributed by atoms with Crippen LogP contribution in [0.5, 0.6) is 0 Å². The number of ether oxygens (including phenoxy) is 1. The van der Waals surface area contributed by atoms with Crippen molar-refractivity contribution >= 4 is 5.97 Å². The minimum atomic E-state index is -0.0732. The van der Waals surface area contributed by atoms with Crippen molar-refractivity contribution in [3.63, 3.8) is 0 Å². The lowest BCUT2D eigenvalue weighted by Crippen LogP contribution is -2.43. The van der Waals surface area contributed by atoms with Gasteiger partial charge in [0.05, 0.1) is 0 Å². The Morgan fingerprint density at radius 2 is 1.65 bits per heavy atom. The number of carbonyl (C=O) groups excluding carboxylic acids is 1. The predicted octanol–water partition coefficient (Wildman–Crippen LogP) is 2.64. The average Bonchev–Trinajstić information content (AvgIpc) is 2.84. The van der Waals surface area contributed by atoms with Gasteiger partial charge in [0.15, 0.2) is 0 Å². The predicted molar refractivity (Wildman–Crippen MR) is 67.8 cm³/mol. The molecule has 3 heteroatoms. The lowest BCUT2D eigenvalue weighted by Gasteiger charge is -2.29. The summed E-state index contributed by atoms with van der Waals surface area (Å²) >= 11 is 0. The maximum Gasteiger partial charge on any atom is 0.323 e. The second-order valence-corrected chi connectivity index (χ2v) is 5.51. The molecule has 0 aromatic carbocycles. The molecule has 1 N–H and O–H groups in total. The minimum Gasteiger partial charge on any atom is -0.461 e. The van der Waals surface area contributed by atoms with Crippen LogP contribution >= 0.6 is 0 Å². The standard InChI is InChI=1S/C14H25NO2/c1-15-13(11-7-3-2-4-8-11)14(16)17-12-9-5-6-10-12/h11-13,15H,2-10H2,1H3/t13-/m0/s1. The molecule has 2 aliphatic carbocycles. The van der Waals surface area contributed by atoms with Crippen molar-refractivity contribution in [1.29, 1.82) is 0 Å². The van der Waals surface area contributed by atoms with Gasteiger partial charge >= 0.3 is 5.97 Å². The van der Waals surface area contributed by atoms with Crippen molar-refractivity contribution < 1.29 is 9.53 Å². The van der Waals surface area contributed by atoms with Crippen LogP contribution < -0.4 is 5.32 Å². The van der Waals surface area contributed by atoms with E-state index in [9.17, 15) is 4.79 Å². The minimum absolute atomic E-state index is 0.00806. The van der Waals surface area contributed by atoms with E-state index in [0.29, 0.717) is 5.92 Å². The van der Waals surface area contributed by atoms with Crippen LogP contribution in [0.2, 0.25) is 0 Å². The molecule has 0 aliphatic heterocycles. The van der Waals surface area contributed by atoms with Crippen LogP contribution in [0.1, 0.15) is 57.8 Å². The molecular weight excluding hydrogens is 214 g/mol. The molecule has 0 bridgehead atoms. The molecule has 0 saturated heterocycles. The zero-order valence-corrected chi connectivity index (χ0v) is 10.9. The van der Waals surface area contributed by atoms with Crippen molar-refractivity contribution in [2.45, 2.75) is 69.9 Å². The summed E-state index contributed by atoms with van der Waals surface area (Å²) in [5.41, 5.74) is 0. The maximum atomic E-state index is 12.1. The van der Waals surface area contributed by atoms with E-state index in [4.69, 9.17) is 4.74 Å². The molecule has 0 unspecified atom stereocenters. The smallest absolute Gasteiger partial charge is 0.323 e. The van der Waals surface area contributed by atoms with Gasteiger partial charge in [-0.3, -0.25) is 4.79 Å². The van der Waals surface area contributed by atoms with Crippen molar-refractivity contribution in [2.24, 2.45) is 5.92 Å². The highest BCUT2D eigenvalue weighted by molar-refractivity contribution is 5.76. The van der Waals surface area contributed by atoms with E-state index in [1.165, 1.54) is 44.9 Å². The molecule has 0 aromatic heterocycles. The molecule has 2 aliphatic rings. The SMILES string of the molecule is CN[C@H](C(=O)OC1CCCC1)C1CCCCC1. The Bertz CT molecular complexity index is 243. The van der Waals surface area contributed by atoms with Gasteiger partial charge in [-0.25, -0.2) is 0 Å². The van der Waals surface area contributed by atoms with Gasteiger partial charge in [-0.05, 0) is 51.5 Å². The van der Waals surface area contributed by atoms with E-state index in [1.807, 2.05) is 7.05 Å². The molecule has 0 radical (unpaired) electrons. The molecule has 0 amide bonds. The molecule has 0 spiro atoms. The largest absolute Gasteiger partial charge is 0.461 e. The van der Waals surface area contributed by atoms with Gasteiger partial charge in [-0.15, -0.1) is 0 Å². The van der Waals surface area contributed by atoms with Gasteiger partial charge in [0.1, 0.15) is 12.1 Å². The highest BCUT2D eigenvalue weighted by Crippen LogP contribution is 2.28. The van der Waals surface area contributed by atoms with Gasteiger partial charge in [0, 0.05) is 0 Å². The van der Waals surface area contributed by atoms with Gasteiger partial charge in [-0.2, -0.15) is 0 Å². The summed E-state index contributed by atoms with van der Waals surface area (Å²) in [6.07, 6.45) is 10.9. The number of hydrogen-bond acceptors (Lipinski definition) is 3. The molecule has 2 saturated carbocycles. The van der Waals surface area contributed by atoms with Crippen molar-refractivity contribution in [3.8, 4) is 0 Å². The number of rotatable bonds is 4. The summed E-state index contributed by atoms with van der Waals surface area (Å²) in [5.74, 6) is 0.481. The second-order valence-electron chi connectivity index (χ2n) is 5.51. The third kappa shape index (κ3) is 3.44. The fourth-order valence-corrected chi connectivity index (χ4v) is 3.26. The van der Waals surface area contributed by atoms with Crippen molar-refractivity contribution in [3.05, 3.63) is 0 Å². The summed E-state index contributed by atoms with van der Waals surface area (Å²) in [6.45, 7) is 0. The van der Waals surface area contributed by atoms with Crippen LogP contribution in [-0.2, 0) is 9.53 Å². The van der Waals surface area contributed by atoms with E-state index in [-0.39, 0.29) is 18.1 Å². The fraction of sp³-hybridized carbons (Fsp3) is 0.929. The summed E-state index contributed by atoms with van der Waals surface area (Å²) < 4.78 is 5.62. The average molecular weight is 239 g/mol. The third-order valence-corrected chi connectivity index (χ3v) is 4.27. The third-order valence-electron chi connectivity index (χ3n) is 4.27. The number of nitrogens with one attached hydrogen (secondary N) is 1. The summed E-state index contributed by atoms with van der Waals surface area (Å²) in [4.78, 5) is 12.1. The fourth-order valence-electron chi connectivity index (χ4n) is 3.26. The van der Waals surface area contributed by atoms with Crippen molar-refractivity contribution in [2.75, 3.05) is 7.05 Å². The van der Waals surface area contributed by atoms with Gasteiger partial charge in [-0.1, -0.05) is 19.3 Å². The van der Waals surface area contributed by atoms with Crippen LogP contribution in [0.4, 0.5) is 0 Å². The Kier molecular flexibility index (Phi) is 4.84.